The van der Waals surface area contributed by atoms with Crippen molar-refractivity contribution in [1.29, 1.82) is 0 Å². The largest absolute Gasteiger partial charge is 0.478 e. The van der Waals surface area contributed by atoms with Crippen molar-refractivity contribution >= 4 is 23.1 Å². The molecule has 28 heavy (non-hydrogen) atoms. The van der Waals surface area contributed by atoms with Crippen LogP contribution in [0.4, 0.5) is 0 Å². The van der Waals surface area contributed by atoms with Crippen molar-refractivity contribution in [2.24, 2.45) is 0 Å². The van der Waals surface area contributed by atoms with Gasteiger partial charge in [-0.3, -0.25) is 0 Å². The Labute approximate surface area is 164 Å². The summed E-state index contributed by atoms with van der Waals surface area (Å²) in [5.74, 6) is -0.539. The summed E-state index contributed by atoms with van der Waals surface area (Å²) < 4.78 is 1.93. The smallest absolute Gasteiger partial charge is 0.328 e. The van der Waals surface area contributed by atoms with E-state index in [9.17, 15) is 9.90 Å². The monoisotopic (exact) mass is 375 g/mol. The quantitative estimate of drug-likeness (QED) is 0.617. The number of nitrogens with zero attached hydrogens (tertiary/aromatic N) is 3. The van der Waals surface area contributed by atoms with E-state index >= 15 is 0 Å². The van der Waals surface area contributed by atoms with Crippen molar-refractivity contribution in [3.05, 3.63) is 53.7 Å². The normalized spacial score (nSPS) is 15.5. The first-order valence-electron chi connectivity index (χ1n) is 10.0. The number of rotatable bonds is 5. The number of hydrogen-bond acceptors (Lipinski definition) is 3. The third-order valence-electron chi connectivity index (χ3n) is 5.62. The number of carbonyl (C=O) groups is 1. The van der Waals surface area contributed by atoms with Gasteiger partial charge in [-0.15, -0.1) is 0 Å². The van der Waals surface area contributed by atoms with Crippen LogP contribution < -0.4 is 0 Å². The Morgan fingerprint density at radius 2 is 1.96 bits per heavy atom. The minimum absolute atomic E-state index is 0.407. The third-order valence-corrected chi connectivity index (χ3v) is 5.62. The van der Waals surface area contributed by atoms with Crippen LogP contribution in [-0.4, -0.2) is 25.8 Å². The zero-order chi connectivity index (χ0) is 19.5. The second-order valence-electron chi connectivity index (χ2n) is 7.36. The first-order chi connectivity index (χ1) is 13.7. The molecule has 1 aliphatic rings. The Kier molecular flexibility index (Phi) is 5.24. The van der Waals surface area contributed by atoms with Crippen LogP contribution in [0.3, 0.4) is 0 Å². The molecule has 1 aliphatic carbocycles. The van der Waals surface area contributed by atoms with Crippen molar-refractivity contribution in [2.45, 2.75) is 51.5 Å². The molecule has 1 saturated carbocycles. The maximum absolute atomic E-state index is 11.3. The van der Waals surface area contributed by atoms with Gasteiger partial charge in [-0.25, -0.2) is 14.5 Å². The van der Waals surface area contributed by atoms with Crippen molar-refractivity contribution in [1.82, 2.24) is 14.8 Å². The number of carboxylic acid groups (broad SMARTS) is 1. The molecular formula is C23H25N3O2. The summed E-state index contributed by atoms with van der Waals surface area (Å²) in [5.41, 5.74) is 4.84. The number of fused-ring (bicyclic) bond motifs is 1. The highest BCUT2D eigenvalue weighted by Gasteiger charge is 2.25. The minimum Gasteiger partial charge on any atom is -0.478 e. The van der Waals surface area contributed by atoms with Crippen LogP contribution in [0.1, 0.15) is 56.1 Å². The average molecular weight is 375 g/mol. The summed E-state index contributed by atoms with van der Waals surface area (Å²) >= 11 is 0. The fraction of sp³-hybridized carbons (Fsp3) is 0.348. The first kappa shape index (κ1) is 18.4. The fourth-order valence-electron chi connectivity index (χ4n) is 4.33. The molecule has 144 valence electrons. The molecular weight excluding hydrogens is 350 g/mol. The third kappa shape index (κ3) is 3.44. The summed E-state index contributed by atoms with van der Waals surface area (Å²) in [6.45, 7) is 2.81. The summed E-state index contributed by atoms with van der Waals surface area (Å²) in [6, 6.07) is 10.0. The summed E-state index contributed by atoms with van der Waals surface area (Å²) in [4.78, 5) is 16.3. The predicted molar refractivity (Wildman–Crippen MR) is 111 cm³/mol. The molecule has 2 heterocycles. The molecule has 3 aromatic rings. The Morgan fingerprint density at radius 1 is 1.21 bits per heavy atom. The van der Waals surface area contributed by atoms with Gasteiger partial charge in [-0.1, -0.05) is 49.6 Å². The maximum Gasteiger partial charge on any atom is 0.328 e. The molecule has 2 aromatic heterocycles. The zero-order valence-electron chi connectivity index (χ0n) is 16.1. The molecule has 0 radical (unpaired) electrons. The number of carboxylic acids is 1. The Bertz CT molecular complexity index is 1020. The zero-order valence-corrected chi connectivity index (χ0v) is 16.1. The first-order valence-corrected chi connectivity index (χ1v) is 10.0. The van der Waals surface area contributed by atoms with E-state index in [0.717, 1.165) is 47.2 Å². The van der Waals surface area contributed by atoms with E-state index in [1.165, 1.54) is 30.9 Å². The molecule has 5 heteroatoms. The molecule has 0 saturated heterocycles. The molecule has 1 fully saturated rings. The molecule has 0 bridgehead atoms. The molecule has 5 nitrogen and oxygen atoms in total. The SMILES string of the molecule is CCn1ncc2c(C3CCCCC3)c(/C=C/C(=O)O)c(-c3ccccc3)nc21. The number of aliphatic carboxylic acids is 1. The highest BCUT2D eigenvalue weighted by molar-refractivity contribution is 5.93. The van der Waals surface area contributed by atoms with Crippen LogP contribution in [0.15, 0.2) is 42.6 Å². The molecule has 0 aliphatic heterocycles. The van der Waals surface area contributed by atoms with Crippen LogP contribution in [0.5, 0.6) is 0 Å². The summed E-state index contributed by atoms with van der Waals surface area (Å²) in [5, 5.41) is 14.9. The van der Waals surface area contributed by atoms with Gasteiger partial charge in [0.1, 0.15) is 0 Å². The second-order valence-corrected chi connectivity index (χ2v) is 7.36. The maximum atomic E-state index is 11.3. The van der Waals surface area contributed by atoms with Crippen LogP contribution in [0, 0.1) is 0 Å². The summed E-state index contributed by atoms with van der Waals surface area (Å²) in [7, 11) is 0. The lowest BCUT2D eigenvalue weighted by atomic mass is 9.80. The average Bonchev–Trinajstić information content (AvgIpc) is 3.15. The topological polar surface area (TPSA) is 68.0 Å². The van der Waals surface area contributed by atoms with E-state index in [1.54, 1.807) is 6.08 Å². The van der Waals surface area contributed by atoms with E-state index in [-0.39, 0.29) is 0 Å². The summed E-state index contributed by atoms with van der Waals surface area (Å²) in [6.07, 6.45) is 10.8. The predicted octanol–water partition coefficient (Wildman–Crippen LogP) is 5.26. The molecule has 4 rings (SSSR count). The van der Waals surface area contributed by atoms with E-state index in [1.807, 2.05) is 41.2 Å². The highest BCUT2D eigenvalue weighted by Crippen LogP contribution is 2.41. The van der Waals surface area contributed by atoms with Crippen molar-refractivity contribution in [2.75, 3.05) is 0 Å². The molecule has 0 amide bonds. The van der Waals surface area contributed by atoms with Gasteiger partial charge in [-0.05, 0) is 37.3 Å². The number of benzene rings is 1. The van der Waals surface area contributed by atoms with Crippen molar-refractivity contribution in [3.8, 4) is 11.3 Å². The highest BCUT2D eigenvalue weighted by atomic mass is 16.4. The van der Waals surface area contributed by atoms with Gasteiger partial charge < -0.3 is 5.11 Å². The molecule has 0 unspecified atom stereocenters. The van der Waals surface area contributed by atoms with Crippen molar-refractivity contribution in [3.63, 3.8) is 0 Å². The van der Waals surface area contributed by atoms with E-state index < -0.39 is 5.97 Å². The Balaban J connectivity index is 2.04. The van der Waals surface area contributed by atoms with Gasteiger partial charge in [0.2, 0.25) is 0 Å². The number of aryl methyl sites for hydroxylation is 1. The number of aromatic nitrogens is 3. The van der Waals surface area contributed by atoms with Gasteiger partial charge in [0.25, 0.3) is 0 Å². The second kappa shape index (κ2) is 7.97. The lowest BCUT2D eigenvalue weighted by Gasteiger charge is -2.25. The van der Waals surface area contributed by atoms with Crippen LogP contribution in [0.25, 0.3) is 28.4 Å². The van der Waals surface area contributed by atoms with E-state index in [0.29, 0.717) is 5.92 Å². The molecule has 0 atom stereocenters. The number of hydrogen-bond donors (Lipinski definition) is 1. The Hall–Kier alpha value is -2.95. The van der Waals surface area contributed by atoms with E-state index in [2.05, 4.69) is 12.0 Å². The number of pyridine rings is 1. The van der Waals surface area contributed by atoms with Crippen molar-refractivity contribution < 1.29 is 9.90 Å². The van der Waals surface area contributed by atoms with E-state index in [4.69, 9.17) is 4.98 Å². The Morgan fingerprint density at radius 3 is 2.64 bits per heavy atom. The fourth-order valence-corrected chi connectivity index (χ4v) is 4.33. The lowest BCUT2D eigenvalue weighted by Crippen LogP contribution is -2.09. The minimum atomic E-state index is -0.946. The molecule has 1 aromatic carbocycles. The van der Waals surface area contributed by atoms with Gasteiger partial charge in [0.05, 0.1) is 11.9 Å². The van der Waals surface area contributed by atoms with Crippen LogP contribution in [-0.2, 0) is 11.3 Å². The van der Waals surface area contributed by atoms with Gasteiger partial charge in [0, 0.05) is 29.1 Å². The van der Waals surface area contributed by atoms with Gasteiger partial charge >= 0.3 is 5.97 Å². The molecule has 1 N–H and O–H groups in total. The van der Waals surface area contributed by atoms with Crippen LogP contribution >= 0.6 is 0 Å². The van der Waals surface area contributed by atoms with Crippen LogP contribution in [0.2, 0.25) is 0 Å². The lowest BCUT2D eigenvalue weighted by molar-refractivity contribution is -0.131. The standard InChI is InChI=1S/C23H25N3O2/c1-2-26-23-19(15-24-26)21(16-9-5-3-6-10-16)18(13-14-20(27)28)22(25-23)17-11-7-4-8-12-17/h4,7-8,11-16H,2-3,5-6,9-10H2,1H3,(H,27,28)/b14-13+. The van der Waals surface area contributed by atoms with Gasteiger partial charge in [-0.2, -0.15) is 5.10 Å². The molecule has 0 spiro atoms. The van der Waals surface area contributed by atoms with Gasteiger partial charge in [0.15, 0.2) is 5.65 Å².